The molecule has 0 unspecified atom stereocenters. The highest BCUT2D eigenvalue weighted by atomic mass is 16.5. The second-order valence-corrected chi connectivity index (χ2v) is 5.67. The third-order valence-electron chi connectivity index (χ3n) is 3.54. The van der Waals surface area contributed by atoms with Gasteiger partial charge in [0.05, 0.1) is 5.69 Å². The quantitative estimate of drug-likeness (QED) is 0.753. The first-order valence-corrected chi connectivity index (χ1v) is 7.72. The zero-order valence-electron chi connectivity index (χ0n) is 13.7. The molecule has 3 aromatic rings. The minimum Gasteiger partial charge on any atom is -0.484 e. The van der Waals surface area contributed by atoms with E-state index in [4.69, 9.17) is 4.74 Å². The lowest BCUT2D eigenvalue weighted by Gasteiger charge is -2.08. The third kappa shape index (κ3) is 4.01. The average Bonchev–Trinajstić information content (AvgIpc) is 3.01. The number of ether oxygens (including phenoxy) is 1. The maximum Gasteiger partial charge on any atom is 0.262 e. The number of aromatic amines is 1. The van der Waals surface area contributed by atoms with Crippen LogP contribution in [0.4, 0.5) is 5.69 Å². The number of nitrogens with zero attached hydrogens (tertiary/aromatic N) is 1. The van der Waals surface area contributed by atoms with E-state index >= 15 is 0 Å². The number of H-pyrrole nitrogens is 1. The van der Waals surface area contributed by atoms with Crippen molar-refractivity contribution in [2.45, 2.75) is 13.8 Å². The second kappa shape index (κ2) is 7.00. The molecule has 0 aliphatic heterocycles. The molecule has 0 saturated carbocycles. The fourth-order valence-corrected chi connectivity index (χ4v) is 2.30. The van der Waals surface area contributed by atoms with Gasteiger partial charge in [0.15, 0.2) is 6.61 Å². The van der Waals surface area contributed by atoms with E-state index in [0.29, 0.717) is 11.4 Å². The smallest absolute Gasteiger partial charge is 0.262 e. The zero-order valence-corrected chi connectivity index (χ0v) is 13.7. The fraction of sp³-hybridized carbons (Fsp3) is 0.158. The van der Waals surface area contributed by atoms with E-state index in [1.165, 1.54) is 0 Å². The van der Waals surface area contributed by atoms with E-state index in [9.17, 15) is 4.79 Å². The van der Waals surface area contributed by atoms with Crippen LogP contribution in [0.25, 0.3) is 11.3 Å². The Balaban J connectivity index is 1.61. The van der Waals surface area contributed by atoms with Crippen molar-refractivity contribution in [3.63, 3.8) is 0 Å². The van der Waals surface area contributed by atoms with E-state index in [-0.39, 0.29) is 12.5 Å². The highest BCUT2D eigenvalue weighted by Crippen LogP contribution is 2.21. The van der Waals surface area contributed by atoms with Gasteiger partial charge in [-0.05, 0) is 44.2 Å². The lowest BCUT2D eigenvalue weighted by atomic mass is 10.1. The molecule has 0 bridgehead atoms. The molecular formula is C19H19N3O2. The summed E-state index contributed by atoms with van der Waals surface area (Å²) in [6, 6.07) is 17.1. The van der Waals surface area contributed by atoms with Crippen LogP contribution in [0, 0.1) is 13.8 Å². The van der Waals surface area contributed by atoms with Gasteiger partial charge in [-0.15, -0.1) is 0 Å². The van der Waals surface area contributed by atoms with Crippen molar-refractivity contribution >= 4 is 11.6 Å². The minimum atomic E-state index is -0.203. The number of aryl methyl sites for hydroxylation is 2. The van der Waals surface area contributed by atoms with E-state index in [0.717, 1.165) is 22.5 Å². The van der Waals surface area contributed by atoms with Gasteiger partial charge in [0.1, 0.15) is 5.75 Å². The number of hydrogen-bond donors (Lipinski definition) is 2. The van der Waals surface area contributed by atoms with Crippen LogP contribution in [-0.2, 0) is 4.79 Å². The van der Waals surface area contributed by atoms with Crippen LogP contribution in [0.15, 0.2) is 54.6 Å². The van der Waals surface area contributed by atoms with Crippen LogP contribution >= 0.6 is 0 Å². The molecule has 3 rings (SSSR count). The Labute approximate surface area is 140 Å². The topological polar surface area (TPSA) is 67.0 Å². The number of rotatable bonds is 5. The highest BCUT2D eigenvalue weighted by molar-refractivity contribution is 5.92. The molecule has 0 atom stereocenters. The first kappa shape index (κ1) is 15.8. The summed E-state index contributed by atoms with van der Waals surface area (Å²) in [7, 11) is 0. The molecule has 1 amide bonds. The number of benzene rings is 2. The molecule has 5 nitrogen and oxygen atoms in total. The van der Waals surface area contributed by atoms with Gasteiger partial charge in [-0.25, -0.2) is 0 Å². The summed E-state index contributed by atoms with van der Waals surface area (Å²) in [4.78, 5) is 12.0. The Morgan fingerprint density at radius 3 is 2.62 bits per heavy atom. The standard InChI is InChI=1S/C19H19N3O2/c1-13-6-8-17(9-7-13)24-12-19(23)20-16-5-3-4-15(11-16)18-10-14(2)21-22-18/h3-11H,12H2,1-2H3,(H,20,23)(H,21,22). The summed E-state index contributed by atoms with van der Waals surface area (Å²) in [5.74, 6) is 0.474. The van der Waals surface area contributed by atoms with E-state index in [1.807, 2.05) is 68.4 Å². The molecule has 0 aliphatic carbocycles. The van der Waals surface area contributed by atoms with Crippen molar-refractivity contribution in [1.82, 2.24) is 10.2 Å². The lowest BCUT2D eigenvalue weighted by molar-refractivity contribution is -0.118. The van der Waals surface area contributed by atoms with Crippen LogP contribution < -0.4 is 10.1 Å². The Hall–Kier alpha value is -3.08. The number of aromatic nitrogens is 2. The summed E-state index contributed by atoms with van der Waals surface area (Å²) >= 11 is 0. The van der Waals surface area contributed by atoms with E-state index in [2.05, 4.69) is 15.5 Å². The first-order valence-electron chi connectivity index (χ1n) is 7.72. The lowest BCUT2D eigenvalue weighted by Crippen LogP contribution is -2.20. The van der Waals surface area contributed by atoms with Crippen LogP contribution in [-0.4, -0.2) is 22.7 Å². The molecule has 5 heteroatoms. The number of anilines is 1. The first-order chi connectivity index (χ1) is 11.6. The third-order valence-corrected chi connectivity index (χ3v) is 3.54. The van der Waals surface area contributed by atoms with Crippen molar-refractivity contribution in [3.8, 4) is 17.0 Å². The average molecular weight is 321 g/mol. The molecule has 0 spiro atoms. The molecule has 0 fully saturated rings. The van der Waals surface area contributed by atoms with Gasteiger partial charge in [0.2, 0.25) is 0 Å². The van der Waals surface area contributed by atoms with Gasteiger partial charge < -0.3 is 10.1 Å². The molecule has 24 heavy (non-hydrogen) atoms. The molecule has 1 heterocycles. The second-order valence-electron chi connectivity index (χ2n) is 5.67. The molecule has 1 aromatic heterocycles. The van der Waals surface area contributed by atoms with Crippen LogP contribution in [0.2, 0.25) is 0 Å². The largest absolute Gasteiger partial charge is 0.484 e. The maximum absolute atomic E-state index is 12.0. The molecule has 2 N–H and O–H groups in total. The van der Waals surface area contributed by atoms with Crippen molar-refractivity contribution in [1.29, 1.82) is 0 Å². The van der Waals surface area contributed by atoms with Gasteiger partial charge in [-0.2, -0.15) is 5.10 Å². The Morgan fingerprint density at radius 2 is 1.92 bits per heavy atom. The summed E-state index contributed by atoms with van der Waals surface area (Å²) in [5, 5.41) is 9.98. The van der Waals surface area contributed by atoms with Gasteiger partial charge in [0, 0.05) is 16.9 Å². The van der Waals surface area contributed by atoms with Crippen LogP contribution in [0.5, 0.6) is 5.75 Å². The summed E-state index contributed by atoms with van der Waals surface area (Å²) in [5.41, 5.74) is 4.64. The molecule has 2 aromatic carbocycles. The predicted molar refractivity (Wildman–Crippen MR) is 94.1 cm³/mol. The van der Waals surface area contributed by atoms with Crippen molar-refractivity contribution in [2.75, 3.05) is 11.9 Å². The zero-order chi connectivity index (χ0) is 16.9. The SMILES string of the molecule is Cc1ccc(OCC(=O)Nc2cccc(-c3cc(C)[nH]n3)c2)cc1. The van der Waals surface area contributed by atoms with Gasteiger partial charge in [-0.1, -0.05) is 29.8 Å². The van der Waals surface area contributed by atoms with E-state index in [1.54, 1.807) is 0 Å². The summed E-state index contributed by atoms with van der Waals surface area (Å²) in [6.07, 6.45) is 0. The normalized spacial score (nSPS) is 10.4. The number of amides is 1. The Morgan fingerprint density at radius 1 is 1.12 bits per heavy atom. The molecule has 122 valence electrons. The molecule has 0 saturated heterocycles. The molecule has 0 aliphatic rings. The summed E-state index contributed by atoms with van der Waals surface area (Å²) in [6.45, 7) is 3.92. The van der Waals surface area contributed by atoms with Gasteiger partial charge >= 0.3 is 0 Å². The van der Waals surface area contributed by atoms with Gasteiger partial charge in [0.25, 0.3) is 5.91 Å². The molecule has 0 radical (unpaired) electrons. The number of carbonyl (C=O) groups excluding carboxylic acids is 1. The maximum atomic E-state index is 12.0. The fourth-order valence-electron chi connectivity index (χ4n) is 2.30. The van der Waals surface area contributed by atoms with Gasteiger partial charge in [-0.3, -0.25) is 9.89 Å². The molecular weight excluding hydrogens is 302 g/mol. The van der Waals surface area contributed by atoms with Crippen molar-refractivity contribution < 1.29 is 9.53 Å². The summed E-state index contributed by atoms with van der Waals surface area (Å²) < 4.78 is 5.48. The van der Waals surface area contributed by atoms with Crippen molar-refractivity contribution in [3.05, 3.63) is 65.9 Å². The van der Waals surface area contributed by atoms with Crippen molar-refractivity contribution in [2.24, 2.45) is 0 Å². The predicted octanol–water partition coefficient (Wildman–Crippen LogP) is 3.71. The monoisotopic (exact) mass is 321 g/mol. The van der Waals surface area contributed by atoms with E-state index < -0.39 is 0 Å². The number of nitrogens with one attached hydrogen (secondary N) is 2. The van der Waals surface area contributed by atoms with Crippen LogP contribution in [0.3, 0.4) is 0 Å². The number of hydrogen-bond acceptors (Lipinski definition) is 3. The Bertz CT molecular complexity index is 838. The Kier molecular flexibility index (Phi) is 4.61. The van der Waals surface area contributed by atoms with Crippen LogP contribution in [0.1, 0.15) is 11.3 Å². The number of carbonyl (C=O) groups is 1. The highest BCUT2D eigenvalue weighted by Gasteiger charge is 2.06. The minimum absolute atomic E-state index is 0.0329.